The van der Waals surface area contributed by atoms with Crippen LogP contribution in [-0.2, 0) is 9.53 Å². The number of hydrogen-bond donors (Lipinski definition) is 0. The van der Waals surface area contributed by atoms with E-state index >= 15 is 0 Å². The summed E-state index contributed by atoms with van der Waals surface area (Å²) in [6.07, 6.45) is 2.80. The summed E-state index contributed by atoms with van der Waals surface area (Å²) in [6, 6.07) is 1.46. The second-order valence-electron chi connectivity index (χ2n) is 3.73. The molecule has 0 radical (unpaired) electrons. The highest BCUT2D eigenvalue weighted by molar-refractivity contribution is 5.95. The molecule has 1 aromatic rings. The minimum atomic E-state index is -0.450. The van der Waals surface area contributed by atoms with Crippen LogP contribution in [0, 0.1) is 0 Å². The van der Waals surface area contributed by atoms with Crippen LogP contribution in [0.25, 0.3) is 0 Å². The molecule has 0 bridgehead atoms. The highest BCUT2D eigenvalue weighted by Crippen LogP contribution is 2.06. The third-order valence-corrected chi connectivity index (χ3v) is 2.24. The molecule has 92 valence electrons. The Balaban J connectivity index is 2.85. The standard InChI is InChI=1S/C11H15N3O3/c1-8(2)14(7-10(15)17-3)11(16)9-4-5-12-13-6-9/h4-6,8H,7H2,1-3H3. The second kappa shape index (κ2) is 5.93. The van der Waals surface area contributed by atoms with Crippen LogP contribution in [0.4, 0.5) is 0 Å². The number of ether oxygens (including phenoxy) is 1. The van der Waals surface area contributed by atoms with Crippen molar-refractivity contribution in [2.45, 2.75) is 19.9 Å². The van der Waals surface area contributed by atoms with E-state index in [0.717, 1.165) is 0 Å². The molecule has 0 aliphatic heterocycles. The highest BCUT2D eigenvalue weighted by atomic mass is 16.5. The summed E-state index contributed by atoms with van der Waals surface area (Å²) in [5.41, 5.74) is 0.401. The fourth-order valence-electron chi connectivity index (χ4n) is 1.28. The molecule has 0 aliphatic rings. The Labute approximate surface area is 99.6 Å². The zero-order valence-corrected chi connectivity index (χ0v) is 10.1. The maximum atomic E-state index is 12.1. The van der Waals surface area contributed by atoms with Gasteiger partial charge in [-0.3, -0.25) is 9.59 Å². The lowest BCUT2D eigenvalue weighted by molar-refractivity contribution is -0.141. The monoisotopic (exact) mass is 237 g/mol. The van der Waals surface area contributed by atoms with Gasteiger partial charge >= 0.3 is 5.97 Å². The number of esters is 1. The predicted molar refractivity (Wildman–Crippen MR) is 60.2 cm³/mol. The summed E-state index contributed by atoms with van der Waals surface area (Å²) < 4.78 is 4.56. The molecule has 0 saturated heterocycles. The topological polar surface area (TPSA) is 72.4 Å². The van der Waals surface area contributed by atoms with Crippen molar-refractivity contribution >= 4 is 11.9 Å². The minimum absolute atomic E-state index is 0.0741. The van der Waals surface area contributed by atoms with Crippen LogP contribution >= 0.6 is 0 Å². The van der Waals surface area contributed by atoms with E-state index in [0.29, 0.717) is 5.56 Å². The Morgan fingerprint density at radius 1 is 1.41 bits per heavy atom. The van der Waals surface area contributed by atoms with Crippen LogP contribution in [0.15, 0.2) is 18.5 Å². The quantitative estimate of drug-likeness (QED) is 0.713. The number of carbonyl (C=O) groups is 2. The van der Waals surface area contributed by atoms with Gasteiger partial charge in [0.2, 0.25) is 0 Å². The number of nitrogens with zero attached hydrogens (tertiary/aromatic N) is 3. The van der Waals surface area contributed by atoms with Crippen LogP contribution < -0.4 is 0 Å². The lowest BCUT2D eigenvalue weighted by atomic mass is 10.2. The van der Waals surface area contributed by atoms with Crippen LogP contribution in [0.2, 0.25) is 0 Å². The Morgan fingerprint density at radius 2 is 2.12 bits per heavy atom. The van der Waals surface area contributed by atoms with Gasteiger partial charge in [0, 0.05) is 6.04 Å². The molecule has 6 heteroatoms. The predicted octanol–water partition coefficient (Wildman–Crippen LogP) is 0.500. The van der Waals surface area contributed by atoms with Crippen LogP contribution in [0.5, 0.6) is 0 Å². The van der Waals surface area contributed by atoms with Crippen molar-refractivity contribution < 1.29 is 14.3 Å². The van der Waals surface area contributed by atoms with Crippen LogP contribution in [0.1, 0.15) is 24.2 Å². The zero-order valence-electron chi connectivity index (χ0n) is 10.1. The van der Waals surface area contributed by atoms with E-state index < -0.39 is 5.97 Å². The molecule has 6 nitrogen and oxygen atoms in total. The lowest BCUT2D eigenvalue weighted by Gasteiger charge is -2.25. The van der Waals surface area contributed by atoms with E-state index in [-0.39, 0.29) is 18.5 Å². The van der Waals surface area contributed by atoms with Gasteiger partial charge in [0.15, 0.2) is 0 Å². The summed E-state index contributed by atoms with van der Waals surface area (Å²) in [5.74, 6) is -0.714. The first kappa shape index (κ1) is 13.1. The van der Waals surface area contributed by atoms with Crippen molar-refractivity contribution in [3.05, 3.63) is 24.0 Å². The fraction of sp³-hybridized carbons (Fsp3) is 0.455. The molecule has 1 amide bonds. The normalized spacial score (nSPS) is 10.1. The number of aromatic nitrogens is 2. The van der Waals surface area contributed by atoms with E-state index in [9.17, 15) is 9.59 Å². The van der Waals surface area contributed by atoms with Gasteiger partial charge < -0.3 is 9.64 Å². The smallest absolute Gasteiger partial charge is 0.325 e. The first-order chi connectivity index (χ1) is 8.06. The number of rotatable bonds is 4. The Hall–Kier alpha value is -1.98. The van der Waals surface area contributed by atoms with E-state index in [2.05, 4.69) is 14.9 Å². The van der Waals surface area contributed by atoms with Gasteiger partial charge in [0.05, 0.1) is 25.1 Å². The molecule has 0 aromatic carbocycles. The molecule has 0 aliphatic carbocycles. The van der Waals surface area contributed by atoms with Crippen molar-refractivity contribution in [1.29, 1.82) is 0 Å². The molecular weight excluding hydrogens is 222 g/mol. The summed E-state index contributed by atoms with van der Waals surface area (Å²) in [4.78, 5) is 24.7. The van der Waals surface area contributed by atoms with E-state index in [1.54, 1.807) is 6.07 Å². The molecule has 0 saturated carbocycles. The molecule has 0 N–H and O–H groups in total. The summed E-state index contributed by atoms with van der Waals surface area (Å²) in [6.45, 7) is 3.58. The van der Waals surface area contributed by atoms with Gasteiger partial charge in [-0.05, 0) is 19.9 Å². The van der Waals surface area contributed by atoms with Crippen LogP contribution in [0.3, 0.4) is 0 Å². The van der Waals surface area contributed by atoms with Gasteiger partial charge in [-0.15, -0.1) is 0 Å². The summed E-state index contributed by atoms with van der Waals surface area (Å²) in [5, 5.41) is 7.23. The molecule has 17 heavy (non-hydrogen) atoms. The van der Waals surface area contributed by atoms with E-state index in [4.69, 9.17) is 0 Å². The highest BCUT2D eigenvalue weighted by Gasteiger charge is 2.21. The minimum Gasteiger partial charge on any atom is -0.468 e. The van der Waals surface area contributed by atoms with Gasteiger partial charge in [0.25, 0.3) is 5.91 Å². The van der Waals surface area contributed by atoms with Gasteiger partial charge in [-0.1, -0.05) is 0 Å². The summed E-state index contributed by atoms with van der Waals surface area (Å²) in [7, 11) is 1.29. The van der Waals surface area contributed by atoms with E-state index in [1.165, 1.54) is 24.4 Å². The third-order valence-electron chi connectivity index (χ3n) is 2.24. The number of hydrogen-bond acceptors (Lipinski definition) is 5. The van der Waals surface area contributed by atoms with Crippen molar-refractivity contribution in [1.82, 2.24) is 15.1 Å². The SMILES string of the molecule is COC(=O)CN(C(=O)c1ccnnc1)C(C)C. The summed E-state index contributed by atoms with van der Waals surface area (Å²) >= 11 is 0. The number of methoxy groups -OCH3 is 1. The van der Waals surface area contributed by atoms with Gasteiger partial charge in [-0.25, -0.2) is 0 Å². The molecule has 1 rings (SSSR count). The van der Waals surface area contributed by atoms with E-state index in [1.807, 2.05) is 13.8 Å². The van der Waals surface area contributed by atoms with Crippen molar-refractivity contribution in [2.75, 3.05) is 13.7 Å². The first-order valence-electron chi connectivity index (χ1n) is 5.20. The maximum absolute atomic E-state index is 12.1. The Bertz CT molecular complexity index is 392. The molecule has 1 aromatic heterocycles. The molecule has 0 spiro atoms. The first-order valence-corrected chi connectivity index (χ1v) is 5.20. The average molecular weight is 237 g/mol. The lowest BCUT2D eigenvalue weighted by Crippen LogP contribution is -2.41. The largest absolute Gasteiger partial charge is 0.468 e. The number of carbonyl (C=O) groups excluding carboxylic acids is 2. The van der Waals surface area contributed by atoms with Gasteiger partial charge in [0.1, 0.15) is 6.54 Å². The van der Waals surface area contributed by atoms with Crippen molar-refractivity contribution in [3.8, 4) is 0 Å². The van der Waals surface area contributed by atoms with Crippen LogP contribution in [-0.4, -0.2) is 46.7 Å². The Kier molecular flexibility index (Phi) is 4.56. The third kappa shape index (κ3) is 3.51. The Morgan fingerprint density at radius 3 is 2.59 bits per heavy atom. The number of amides is 1. The molecule has 1 heterocycles. The molecule has 0 atom stereocenters. The molecular formula is C11H15N3O3. The van der Waals surface area contributed by atoms with Crippen molar-refractivity contribution in [3.63, 3.8) is 0 Å². The zero-order chi connectivity index (χ0) is 12.8. The average Bonchev–Trinajstić information content (AvgIpc) is 2.35. The van der Waals surface area contributed by atoms with Crippen molar-refractivity contribution in [2.24, 2.45) is 0 Å². The van der Waals surface area contributed by atoms with Gasteiger partial charge in [-0.2, -0.15) is 10.2 Å². The maximum Gasteiger partial charge on any atom is 0.325 e. The fourth-order valence-corrected chi connectivity index (χ4v) is 1.28. The second-order valence-corrected chi connectivity index (χ2v) is 3.73. The molecule has 0 unspecified atom stereocenters. The molecule has 0 fully saturated rings.